The molecule has 0 saturated carbocycles. The average molecular weight is 654 g/mol. The van der Waals surface area contributed by atoms with Gasteiger partial charge in [0.15, 0.2) is 5.78 Å². The number of allylic oxidation sites excluding steroid dienone is 2. The molecule has 1 unspecified atom stereocenters. The maximum Gasteiger partial charge on any atom is 0.417 e. The zero-order chi connectivity index (χ0) is 33.1. The van der Waals surface area contributed by atoms with Crippen LogP contribution in [0.4, 0.5) is 13.2 Å². The SMILES string of the molecule is C.CCC.CCCCc1ccc2c(c(C)c(CC)n2CCCCCCCCCSCCC(C)CC)c1/C(=C\C(C)=O)C(F)(F)F. The predicted molar refractivity (Wildman–Crippen MR) is 196 cm³/mol. The fourth-order valence-corrected chi connectivity index (χ4v) is 6.96. The minimum atomic E-state index is -4.60. The van der Waals surface area contributed by atoms with Crippen LogP contribution >= 0.6 is 11.8 Å². The number of ketones is 1. The van der Waals surface area contributed by atoms with Crippen molar-refractivity contribution in [1.82, 2.24) is 4.57 Å². The molecule has 6 heteroatoms. The first kappa shape index (κ1) is 43.3. The monoisotopic (exact) mass is 653 g/mol. The first-order valence-electron chi connectivity index (χ1n) is 17.5. The molecular formula is C39H66F3NOS. The molecule has 1 atom stereocenters. The summed E-state index contributed by atoms with van der Waals surface area (Å²) in [7, 11) is 0. The number of benzene rings is 1. The van der Waals surface area contributed by atoms with Crippen LogP contribution in [0.15, 0.2) is 18.2 Å². The van der Waals surface area contributed by atoms with Gasteiger partial charge in [-0.25, -0.2) is 0 Å². The van der Waals surface area contributed by atoms with Gasteiger partial charge in [-0.15, -0.1) is 0 Å². The Hall–Kier alpha value is -1.69. The van der Waals surface area contributed by atoms with Gasteiger partial charge in [0.2, 0.25) is 0 Å². The van der Waals surface area contributed by atoms with Crippen LogP contribution < -0.4 is 0 Å². The second kappa shape index (κ2) is 23.6. The van der Waals surface area contributed by atoms with Crippen molar-refractivity contribution in [2.45, 2.75) is 165 Å². The van der Waals surface area contributed by atoms with Crippen molar-refractivity contribution in [3.05, 3.63) is 40.6 Å². The highest BCUT2D eigenvalue weighted by Crippen LogP contribution is 2.42. The summed E-state index contributed by atoms with van der Waals surface area (Å²) >= 11 is 2.10. The third kappa shape index (κ3) is 14.7. The van der Waals surface area contributed by atoms with E-state index in [1.165, 1.54) is 69.8 Å². The number of alkyl halides is 3. The van der Waals surface area contributed by atoms with E-state index in [2.05, 4.69) is 50.9 Å². The Kier molecular flexibility index (Phi) is 22.7. The molecule has 1 aromatic heterocycles. The number of nitrogens with zero attached hydrogens (tertiary/aromatic N) is 1. The second-order valence-electron chi connectivity index (χ2n) is 12.4. The van der Waals surface area contributed by atoms with E-state index in [4.69, 9.17) is 0 Å². The Bertz CT molecular complexity index is 1130. The van der Waals surface area contributed by atoms with Gasteiger partial charge in [0.05, 0.1) is 5.57 Å². The number of carbonyl (C=O) groups is 1. The highest BCUT2D eigenvalue weighted by molar-refractivity contribution is 7.99. The first-order chi connectivity index (χ1) is 21.0. The van der Waals surface area contributed by atoms with Gasteiger partial charge in [-0.05, 0) is 98.6 Å². The Morgan fingerprint density at radius 1 is 0.933 bits per heavy atom. The lowest BCUT2D eigenvalue weighted by Gasteiger charge is -2.18. The van der Waals surface area contributed by atoms with Gasteiger partial charge in [0.25, 0.3) is 0 Å². The molecule has 45 heavy (non-hydrogen) atoms. The van der Waals surface area contributed by atoms with Gasteiger partial charge < -0.3 is 4.57 Å². The van der Waals surface area contributed by atoms with E-state index in [0.29, 0.717) is 17.4 Å². The van der Waals surface area contributed by atoms with Crippen LogP contribution in [-0.4, -0.2) is 28.0 Å². The van der Waals surface area contributed by atoms with Crippen molar-refractivity contribution in [2.75, 3.05) is 11.5 Å². The number of rotatable bonds is 20. The molecule has 0 bridgehead atoms. The molecule has 1 heterocycles. The fraction of sp³-hybridized carbons (Fsp3) is 0.718. The molecule has 0 spiro atoms. The number of unbranched alkanes of at least 4 members (excludes halogenated alkanes) is 7. The number of halogens is 3. The summed E-state index contributed by atoms with van der Waals surface area (Å²) in [4.78, 5) is 11.9. The lowest BCUT2D eigenvalue weighted by molar-refractivity contribution is -0.113. The molecule has 2 rings (SSSR count). The Labute approximate surface area is 279 Å². The minimum absolute atomic E-state index is 0. The van der Waals surface area contributed by atoms with Gasteiger partial charge in [-0.2, -0.15) is 24.9 Å². The molecule has 0 saturated heterocycles. The van der Waals surface area contributed by atoms with Crippen LogP contribution in [0, 0.1) is 12.8 Å². The van der Waals surface area contributed by atoms with E-state index in [1.54, 1.807) is 0 Å². The summed E-state index contributed by atoms with van der Waals surface area (Å²) in [5, 5.41) is 0.669. The van der Waals surface area contributed by atoms with Crippen molar-refractivity contribution in [1.29, 1.82) is 0 Å². The Morgan fingerprint density at radius 2 is 1.53 bits per heavy atom. The van der Waals surface area contributed by atoms with Crippen molar-refractivity contribution >= 4 is 34.0 Å². The van der Waals surface area contributed by atoms with Crippen LogP contribution in [-0.2, 0) is 24.2 Å². The molecule has 0 aliphatic rings. The normalized spacial score (nSPS) is 12.6. The quantitative estimate of drug-likeness (QED) is 0.105. The number of aryl methyl sites for hydroxylation is 3. The summed E-state index contributed by atoms with van der Waals surface area (Å²) in [6.45, 7) is 16.9. The minimum Gasteiger partial charge on any atom is -0.344 e. The predicted octanol–water partition coefficient (Wildman–Crippen LogP) is 13.3. The van der Waals surface area contributed by atoms with Gasteiger partial charge >= 0.3 is 6.18 Å². The van der Waals surface area contributed by atoms with E-state index in [9.17, 15) is 18.0 Å². The molecule has 2 nitrogen and oxygen atoms in total. The summed E-state index contributed by atoms with van der Waals surface area (Å²) < 4.78 is 45.4. The van der Waals surface area contributed by atoms with Crippen molar-refractivity contribution in [2.24, 2.45) is 5.92 Å². The number of carbonyl (C=O) groups excluding carboxylic acids is 1. The molecular weight excluding hydrogens is 587 g/mol. The van der Waals surface area contributed by atoms with Gasteiger partial charge in [0.1, 0.15) is 0 Å². The highest BCUT2D eigenvalue weighted by atomic mass is 32.2. The van der Waals surface area contributed by atoms with E-state index in [-0.39, 0.29) is 13.0 Å². The number of hydrogen-bond acceptors (Lipinski definition) is 2. The zero-order valence-electron chi connectivity index (χ0n) is 29.2. The van der Waals surface area contributed by atoms with Crippen molar-refractivity contribution in [3.8, 4) is 0 Å². The smallest absolute Gasteiger partial charge is 0.344 e. The molecule has 0 aliphatic carbocycles. The lowest BCUT2D eigenvalue weighted by Crippen LogP contribution is -2.14. The van der Waals surface area contributed by atoms with Crippen molar-refractivity contribution in [3.63, 3.8) is 0 Å². The first-order valence-corrected chi connectivity index (χ1v) is 18.6. The molecule has 0 aliphatic heterocycles. The third-order valence-electron chi connectivity index (χ3n) is 8.37. The van der Waals surface area contributed by atoms with E-state index in [1.807, 2.05) is 26.0 Å². The van der Waals surface area contributed by atoms with Gasteiger partial charge in [-0.1, -0.05) is 106 Å². The molecule has 260 valence electrons. The van der Waals surface area contributed by atoms with Crippen LogP contribution in [0.2, 0.25) is 0 Å². The molecule has 1 aromatic carbocycles. The zero-order valence-corrected chi connectivity index (χ0v) is 30.0. The van der Waals surface area contributed by atoms with Crippen LogP contribution in [0.5, 0.6) is 0 Å². The van der Waals surface area contributed by atoms with Gasteiger partial charge in [0, 0.05) is 23.1 Å². The summed E-state index contributed by atoms with van der Waals surface area (Å²) in [6.07, 6.45) is 11.6. The number of thioether (sulfide) groups is 1. The van der Waals surface area contributed by atoms with Gasteiger partial charge in [-0.3, -0.25) is 4.79 Å². The Morgan fingerprint density at radius 3 is 2.07 bits per heavy atom. The second-order valence-corrected chi connectivity index (χ2v) is 13.7. The molecule has 0 radical (unpaired) electrons. The maximum absolute atomic E-state index is 14.4. The third-order valence-corrected chi connectivity index (χ3v) is 9.48. The van der Waals surface area contributed by atoms with Crippen LogP contribution in [0.1, 0.15) is 155 Å². The van der Waals surface area contributed by atoms with E-state index >= 15 is 0 Å². The lowest BCUT2D eigenvalue weighted by atomic mass is 9.90. The van der Waals surface area contributed by atoms with Crippen LogP contribution in [0.25, 0.3) is 16.5 Å². The molecule has 0 N–H and O–H groups in total. The summed E-state index contributed by atoms with van der Waals surface area (Å²) in [5.74, 6) is 2.82. The van der Waals surface area contributed by atoms with Crippen molar-refractivity contribution < 1.29 is 18.0 Å². The summed E-state index contributed by atoms with van der Waals surface area (Å²) in [5.41, 5.74) is 2.96. The number of fused-ring (bicyclic) bond motifs is 1. The Balaban J connectivity index is 0.00000464. The largest absolute Gasteiger partial charge is 0.417 e. The molecule has 0 fully saturated rings. The van der Waals surface area contributed by atoms with E-state index in [0.717, 1.165) is 67.4 Å². The average Bonchev–Trinajstić information content (AvgIpc) is 3.25. The number of aromatic nitrogens is 1. The topological polar surface area (TPSA) is 22.0 Å². The molecule has 0 amide bonds. The highest BCUT2D eigenvalue weighted by Gasteiger charge is 2.38. The standard InChI is InChI=1S/C35H54F3NOS.C3H8.CH4/c1-7-10-18-29-19-20-32-33(34(29)30(25-27(5)40)35(36,37)38)28(6)31(9-3)39(32)22-16-14-12-11-13-15-17-23-41-24-21-26(4)8-2;1-3-2;/h19-20,25-26H,7-18,21-24H2,1-6H3;3H2,1-2H3;1H4/b30-25+;;. The fourth-order valence-electron chi connectivity index (χ4n) is 5.77. The van der Waals surface area contributed by atoms with E-state index < -0.39 is 17.5 Å². The molecule has 2 aromatic rings. The van der Waals surface area contributed by atoms with Crippen LogP contribution in [0.3, 0.4) is 0 Å². The maximum atomic E-state index is 14.4. The summed E-state index contributed by atoms with van der Waals surface area (Å²) in [6, 6.07) is 3.88. The number of hydrogen-bond donors (Lipinski definition) is 0.